The van der Waals surface area contributed by atoms with Crippen LogP contribution in [0.5, 0.6) is 0 Å². The number of amides is 1. The van der Waals surface area contributed by atoms with Crippen molar-refractivity contribution in [3.05, 3.63) is 40.0 Å². The molecule has 2 rings (SSSR count). The molecular formula is C16H19FN2O3S. The number of hydrogen-bond donors (Lipinski definition) is 2. The lowest BCUT2D eigenvalue weighted by Gasteiger charge is -2.13. The molecule has 1 aromatic rings. The van der Waals surface area contributed by atoms with Gasteiger partial charge in [0.2, 0.25) is 5.91 Å². The van der Waals surface area contributed by atoms with Gasteiger partial charge in [0.15, 0.2) is 5.50 Å². The molecule has 1 heterocycles. The summed E-state index contributed by atoms with van der Waals surface area (Å²) >= 11 is 1.34. The number of nitrogens with one attached hydrogen (secondary N) is 2. The van der Waals surface area contributed by atoms with E-state index in [1.165, 1.54) is 37.7 Å². The van der Waals surface area contributed by atoms with E-state index in [2.05, 4.69) is 10.6 Å². The highest BCUT2D eigenvalue weighted by molar-refractivity contribution is 8.04. The molecule has 23 heavy (non-hydrogen) atoms. The third-order valence-corrected chi connectivity index (χ3v) is 4.29. The summed E-state index contributed by atoms with van der Waals surface area (Å²) in [6.45, 7) is 4.78. The average Bonchev–Trinajstić information content (AvgIpc) is 2.86. The molecule has 1 amide bonds. The molecule has 124 valence electrons. The molecule has 1 aromatic carbocycles. The number of ether oxygens (including phenoxy) is 1. The fourth-order valence-electron chi connectivity index (χ4n) is 2.21. The maximum absolute atomic E-state index is 13.8. The third kappa shape index (κ3) is 4.72. The van der Waals surface area contributed by atoms with Crippen molar-refractivity contribution in [2.45, 2.75) is 32.7 Å². The molecule has 5 nitrogen and oxygen atoms in total. The number of esters is 1. The second-order valence-corrected chi connectivity index (χ2v) is 6.32. The molecule has 0 radical (unpaired) electrons. The van der Waals surface area contributed by atoms with E-state index < -0.39 is 5.97 Å². The fraction of sp³-hybridized carbons (Fsp3) is 0.375. The number of hydrogen-bond acceptors (Lipinski definition) is 5. The lowest BCUT2D eigenvalue weighted by molar-refractivity contribution is -0.139. The first-order valence-electron chi connectivity index (χ1n) is 7.25. The lowest BCUT2D eigenvalue weighted by Crippen LogP contribution is -2.38. The monoisotopic (exact) mass is 338 g/mol. The quantitative estimate of drug-likeness (QED) is 0.807. The molecule has 1 unspecified atom stereocenters. The smallest absolute Gasteiger partial charge is 0.302 e. The van der Waals surface area contributed by atoms with Gasteiger partial charge in [0.05, 0.1) is 5.70 Å². The van der Waals surface area contributed by atoms with Crippen molar-refractivity contribution in [3.8, 4) is 0 Å². The van der Waals surface area contributed by atoms with E-state index in [9.17, 15) is 14.0 Å². The molecule has 7 heteroatoms. The van der Waals surface area contributed by atoms with Gasteiger partial charge in [-0.05, 0) is 30.2 Å². The summed E-state index contributed by atoms with van der Waals surface area (Å²) in [6, 6.07) is 4.80. The van der Waals surface area contributed by atoms with Gasteiger partial charge >= 0.3 is 5.97 Å². The van der Waals surface area contributed by atoms with Crippen LogP contribution in [0.2, 0.25) is 0 Å². The van der Waals surface area contributed by atoms with Gasteiger partial charge in [0, 0.05) is 24.3 Å². The number of aryl methyl sites for hydroxylation is 1. The number of thioether (sulfide) groups is 1. The Balaban J connectivity index is 2.31. The summed E-state index contributed by atoms with van der Waals surface area (Å²) in [5.41, 5.74) is 1.84. The largest absolute Gasteiger partial charge is 0.460 e. The molecule has 0 aromatic heterocycles. The zero-order chi connectivity index (χ0) is 17.0. The summed E-state index contributed by atoms with van der Waals surface area (Å²) in [6.07, 6.45) is 0.708. The molecule has 0 saturated heterocycles. The Bertz CT molecular complexity index is 661. The van der Waals surface area contributed by atoms with Crippen molar-refractivity contribution in [1.82, 2.24) is 10.6 Å². The van der Waals surface area contributed by atoms with E-state index in [1.807, 2.05) is 13.0 Å². The summed E-state index contributed by atoms with van der Waals surface area (Å²) in [5, 5.41) is 5.88. The van der Waals surface area contributed by atoms with Gasteiger partial charge < -0.3 is 15.4 Å². The predicted molar refractivity (Wildman–Crippen MR) is 87.7 cm³/mol. The summed E-state index contributed by atoms with van der Waals surface area (Å²) in [4.78, 5) is 23.0. The molecular weight excluding hydrogens is 319 g/mol. The first kappa shape index (κ1) is 17.3. The zero-order valence-corrected chi connectivity index (χ0v) is 14.1. The van der Waals surface area contributed by atoms with Crippen LogP contribution >= 0.6 is 11.8 Å². The Kier molecular flexibility index (Phi) is 5.65. The maximum atomic E-state index is 13.8. The molecule has 0 bridgehead atoms. The van der Waals surface area contributed by atoms with Crippen LogP contribution in [0.4, 0.5) is 4.39 Å². The van der Waals surface area contributed by atoms with Crippen molar-refractivity contribution in [2.24, 2.45) is 0 Å². The van der Waals surface area contributed by atoms with Crippen LogP contribution in [0.1, 0.15) is 31.9 Å². The second kappa shape index (κ2) is 7.50. The lowest BCUT2D eigenvalue weighted by atomic mass is 10.1. The topological polar surface area (TPSA) is 67.4 Å². The van der Waals surface area contributed by atoms with Crippen LogP contribution in [0.15, 0.2) is 23.1 Å². The summed E-state index contributed by atoms with van der Waals surface area (Å²) < 4.78 is 18.9. The zero-order valence-electron chi connectivity index (χ0n) is 13.2. The maximum Gasteiger partial charge on any atom is 0.302 e. The first-order chi connectivity index (χ1) is 10.9. The molecule has 1 aliphatic rings. The van der Waals surface area contributed by atoms with E-state index >= 15 is 0 Å². The highest BCUT2D eigenvalue weighted by Crippen LogP contribution is 2.35. The Labute approximate surface area is 138 Å². The Morgan fingerprint density at radius 2 is 2.09 bits per heavy atom. The number of rotatable bonds is 5. The van der Waals surface area contributed by atoms with E-state index in [1.54, 1.807) is 0 Å². The Morgan fingerprint density at radius 3 is 2.70 bits per heavy atom. The van der Waals surface area contributed by atoms with Crippen LogP contribution in [-0.4, -0.2) is 24.0 Å². The summed E-state index contributed by atoms with van der Waals surface area (Å²) in [5.74, 6) is -0.904. The van der Waals surface area contributed by atoms with Gasteiger partial charge in [-0.3, -0.25) is 9.59 Å². The number of carbonyl (C=O) groups is 2. The van der Waals surface area contributed by atoms with Gasteiger partial charge in [-0.2, -0.15) is 0 Å². The minimum Gasteiger partial charge on any atom is -0.460 e. The predicted octanol–water partition coefficient (Wildman–Crippen LogP) is 2.38. The highest BCUT2D eigenvalue weighted by atomic mass is 32.2. The number of carbonyl (C=O) groups excluding carboxylic acids is 2. The van der Waals surface area contributed by atoms with Crippen LogP contribution in [0.3, 0.4) is 0 Å². The van der Waals surface area contributed by atoms with Gasteiger partial charge in [0.25, 0.3) is 0 Å². The van der Waals surface area contributed by atoms with Gasteiger partial charge in [0.1, 0.15) is 12.4 Å². The fourth-order valence-corrected chi connectivity index (χ4v) is 3.32. The van der Waals surface area contributed by atoms with E-state index in [0.29, 0.717) is 17.7 Å². The summed E-state index contributed by atoms with van der Waals surface area (Å²) in [7, 11) is 0. The normalized spacial score (nSPS) is 17.0. The second-order valence-electron chi connectivity index (χ2n) is 5.12. The first-order valence-corrected chi connectivity index (χ1v) is 8.13. The third-order valence-electron chi connectivity index (χ3n) is 3.21. The SMILES string of the molecule is CCc1cc(F)cc(C2=C(COC(C)=O)SC(NC(C)=O)N2)c1. The van der Waals surface area contributed by atoms with Crippen molar-refractivity contribution >= 4 is 29.3 Å². The molecule has 0 spiro atoms. The van der Waals surface area contributed by atoms with Crippen LogP contribution < -0.4 is 10.6 Å². The van der Waals surface area contributed by atoms with E-state index in [0.717, 1.165) is 10.5 Å². The average molecular weight is 338 g/mol. The van der Waals surface area contributed by atoms with Crippen LogP contribution in [-0.2, 0) is 20.7 Å². The molecule has 0 saturated carbocycles. The molecule has 2 N–H and O–H groups in total. The van der Waals surface area contributed by atoms with Crippen molar-refractivity contribution < 1.29 is 18.7 Å². The minimum absolute atomic E-state index is 0.0798. The van der Waals surface area contributed by atoms with Crippen molar-refractivity contribution in [1.29, 1.82) is 0 Å². The van der Waals surface area contributed by atoms with Gasteiger partial charge in [-0.1, -0.05) is 18.7 Å². The highest BCUT2D eigenvalue weighted by Gasteiger charge is 2.26. The minimum atomic E-state index is -0.395. The molecule has 1 aliphatic heterocycles. The standard InChI is InChI=1S/C16H19FN2O3S/c1-4-11-5-12(7-13(17)6-11)15-14(8-22-10(3)21)23-16(19-15)18-9(2)20/h5-7,16,19H,4,8H2,1-3H3,(H,18,20). The van der Waals surface area contributed by atoms with Crippen LogP contribution in [0.25, 0.3) is 5.70 Å². The number of halogens is 1. The van der Waals surface area contributed by atoms with Crippen molar-refractivity contribution in [2.75, 3.05) is 6.61 Å². The van der Waals surface area contributed by atoms with Crippen molar-refractivity contribution in [3.63, 3.8) is 0 Å². The Hall–Kier alpha value is -2.02. The van der Waals surface area contributed by atoms with Crippen LogP contribution in [0, 0.1) is 5.82 Å². The van der Waals surface area contributed by atoms with Gasteiger partial charge in [-0.15, -0.1) is 0 Å². The van der Waals surface area contributed by atoms with E-state index in [4.69, 9.17) is 4.74 Å². The molecule has 0 fully saturated rings. The Morgan fingerprint density at radius 1 is 1.35 bits per heavy atom. The molecule has 0 aliphatic carbocycles. The molecule has 1 atom stereocenters. The van der Waals surface area contributed by atoms with E-state index in [-0.39, 0.29) is 23.8 Å². The van der Waals surface area contributed by atoms with Gasteiger partial charge in [-0.25, -0.2) is 4.39 Å². The number of benzene rings is 1.